The molecule has 1 amide bonds. The first-order valence-corrected chi connectivity index (χ1v) is 10.1. The molecule has 0 unspecified atom stereocenters. The highest BCUT2D eigenvalue weighted by atomic mass is 32.2. The van der Waals surface area contributed by atoms with Crippen molar-refractivity contribution >= 4 is 55.8 Å². The molecule has 5 rings (SSSR count). The lowest BCUT2D eigenvalue weighted by Gasteiger charge is -2.04. The number of rotatable bonds is 5. The van der Waals surface area contributed by atoms with Crippen molar-refractivity contribution in [1.82, 2.24) is 24.8 Å². The maximum atomic E-state index is 11.2. The SMILES string of the molecule is CC(=O)Nc1nc2ccc(Sc3nnc4ccc(NC5CC5)nn34)cc2s1. The third-order valence-electron chi connectivity index (χ3n) is 4.02. The van der Waals surface area contributed by atoms with E-state index in [4.69, 9.17) is 0 Å². The molecule has 136 valence electrons. The molecule has 3 aromatic heterocycles. The van der Waals surface area contributed by atoms with Crippen LogP contribution in [0, 0.1) is 0 Å². The van der Waals surface area contributed by atoms with Crippen molar-refractivity contribution in [2.24, 2.45) is 0 Å². The van der Waals surface area contributed by atoms with Gasteiger partial charge in [-0.25, -0.2) is 4.98 Å². The van der Waals surface area contributed by atoms with Gasteiger partial charge in [-0.2, -0.15) is 4.52 Å². The first-order chi connectivity index (χ1) is 13.1. The van der Waals surface area contributed by atoms with Gasteiger partial charge < -0.3 is 10.6 Å². The molecule has 0 radical (unpaired) electrons. The van der Waals surface area contributed by atoms with E-state index in [1.54, 1.807) is 4.52 Å². The minimum atomic E-state index is -0.125. The van der Waals surface area contributed by atoms with E-state index in [-0.39, 0.29) is 5.91 Å². The summed E-state index contributed by atoms with van der Waals surface area (Å²) in [4.78, 5) is 16.6. The molecule has 0 bridgehead atoms. The highest BCUT2D eigenvalue weighted by Crippen LogP contribution is 2.33. The predicted octanol–water partition coefficient (Wildman–Crippen LogP) is 3.42. The number of carbonyl (C=O) groups excluding carboxylic acids is 1. The largest absolute Gasteiger partial charge is 0.366 e. The molecule has 27 heavy (non-hydrogen) atoms. The minimum Gasteiger partial charge on any atom is -0.366 e. The summed E-state index contributed by atoms with van der Waals surface area (Å²) < 4.78 is 2.76. The van der Waals surface area contributed by atoms with Gasteiger partial charge in [0.05, 0.1) is 10.2 Å². The van der Waals surface area contributed by atoms with Crippen molar-refractivity contribution in [1.29, 1.82) is 0 Å². The lowest BCUT2D eigenvalue weighted by Crippen LogP contribution is -2.05. The van der Waals surface area contributed by atoms with Crippen molar-refractivity contribution < 1.29 is 4.79 Å². The summed E-state index contributed by atoms with van der Waals surface area (Å²) >= 11 is 2.94. The molecule has 1 aliphatic rings. The Morgan fingerprint density at radius 2 is 2.15 bits per heavy atom. The highest BCUT2D eigenvalue weighted by Gasteiger charge is 2.21. The average molecular weight is 397 g/mol. The Bertz CT molecular complexity index is 1160. The van der Waals surface area contributed by atoms with Gasteiger partial charge in [-0.05, 0) is 54.9 Å². The van der Waals surface area contributed by atoms with E-state index >= 15 is 0 Å². The second kappa shape index (κ2) is 6.46. The summed E-state index contributed by atoms with van der Waals surface area (Å²) in [5, 5.41) is 20.5. The molecule has 2 N–H and O–H groups in total. The van der Waals surface area contributed by atoms with E-state index in [9.17, 15) is 4.79 Å². The molecule has 1 fully saturated rings. The van der Waals surface area contributed by atoms with Crippen LogP contribution in [0.25, 0.3) is 15.9 Å². The quantitative estimate of drug-likeness (QED) is 0.532. The van der Waals surface area contributed by atoms with Gasteiger partial charge in [0.1, 0.15) is 5.82 Å². The fourth-order valence-electron chi connectivity index (χ4n) is 2.62. The van der Waals surface area contributed by atoms with Crippen LogP contribution in [0.2, 0.25) is 0 Å². The zero-order chi connectivity index (χ0) is 18.4. The molecule has 0 aliphatic heterocycles. The second-order valence-electron chi connectivity index (χ2n) is 6.32. The summed E-state index contributed by atoms with van der Waals surface area (Å²) in [6, 6.07) is 10.4. The zero-order valence-corrected chi connectivity index (χ0v) is 16.0. The summed E-state index contributed by atoms with van der Waals surface area (Å²) in [6.45, 7) is 1.48. The Balaban J connectivity index is 1.44. The summed E-state index contributed by atoms with van der Waals surface area (Å²) in [7, 11) is 0. The number of nitrogens with zero attached hydrogens (tertiary/aromatic N) is 5. The average Bonchev–Trinajstić information content (AvgIpc) is 3.22. The fraction of sp³-hybridized carbons (Fsp3) is 0.235. The van der Waals surface area contributed by atoms with Crippen molar-refractivity contribution in [3.05, 3.63) is 30.3 Å². The second-order valence-corrected chi connectivity index (χ2v) is 8.39. The molecule has 1 saturated carbocycles. The van der Waals surface area contributed by atoms with Crippen LogP contribution in [0.5, 0.6) is 0 Å². The predicted molar refractivity (Wildman–Crippen MR) is 105 cm³/mol. The summed E-state index contributed by atoms with van der Waals surface area (Å²) in [5.74, 6) is 0.713. The molecule has 4 aromatic rings. The maximum absolute atomic E-state index is 11.2. The highest BCUT2D eigenvalue weighted by molar-refractivity contribution is 7.99. The monoisotopic (exact) mass is 397 g/mol. The number of benzene rings is 1. The molecule has 1 aliphatic carbocycles. The number of fused-ring (bicyclic) bond motifs is 2. The van der Waals surface area contributed by atoms with Gasteiger partial charge in [-0.3, -0.25) is 4.79 Å². The summed E-state index contributed by atoms with van der Waals surface area (Å²) in [6.07, 6.45) is 2.39. The Labute approximate surface area is 162 Å². The van der Waals surface area contributed by atoms with Crippen LogP contribution >= 0.6 is 23.1 Å². The van der Waals surface area contributed by atoms with Crippen LogP contribution in [0.3, 0.4) is 0 Å². The molecule has 0 saturated heterocycles. The third kappa shape index (κ3) is 3.45. The number of hydrogen-bond acceptors (Lipinski definition) is 8. The summed E-state index contributed by atoms with van der Waals surface area (Å²) in [5.41, 5.74) is 1.57. The Hall–Kier alpha value is -2.72. The normalized spacial score (nSPS) is 14.0. The maximum Gasteiger partial charge on any atom is 0.223 e. The van der Waals surface area contributed by atoms with Gasteiger partial charge in [0.2, 0.25) is 11.1 Å². The topological polar surface area (TPSA) is 97.1 Å². The Morgan fingerprint density at radius 1 is 1.26 bits per heavy atom. The van der Waals surface area contributed by atoms with Crippen LogP contribution in [-0.2, 0) is 4.79 Å². The molecular formula is C17H15N7OS2. The lowest BCUT2D eigenvalue weighted by molar-refractivity contribution is -0.114. The molecular weight excluding hydrogens is 382 g/mol. The number of carbonyl (C=O) groups is 1. The first-order valence-electron chi connectivity index (χ1n) is 8.49. The smallest absolute Gasteiger partial charge is 0.223 e. The zero-order valence-electron chi connectivity index (χ0n) is 14.3. The van der Waals surface area contributed by atoms with Gasteiger partial charge in [0, 0.05) is 17.9 Å². The van der Waals surface area contributed by atoms with Crippen molar-refractivity contribution in [3.8, 4) is 0 Å². The molecule has 10 heteroatoms. The van der Waals surface area contributed by atoms with Crippen molar-refractivity contribution in [2.75, 3.05) is 10.6 Å². The minimum absolute atomic E-state index is 0.125. The van der Waals surface area contributed by atoms with Crippen molar-refractivity contribution in [3.63, 3.8) is 0 Å². The molecule has 3 heterocycles. The van der Waals surface area contributed by atoms with E-state index in [0.29, 0.717) is 22.0 Å². The Kier molecular flexibility index (Phi) is 3.94. The van der Waals surface area contributed by atoms with Crippen LogP contribution < -0.4 is 10.6 Å². The van der Waals surface area contributed by atoms with Crippen LogP contribution in [0.1, 0.15) is 19.8 Å². The number of thiazole rings is 1. The van der Waals surface area contributed by atoms with Gasteiger partial charge in [-0.15, -0.1) is 15.3 Å². The third-order valence-corrected chi connectivity index (χ3v) is 5.88. The van der Waals surface area contributed by atoms with E-state index in [1.165, 1.54) is 42.9 Å². The lowest BCUT2D eigenvalue weighted by atomic mass is 10.3. The number of aromatic nitrogens is 5. The van der Waals surface area contributed by atoms with Crippen LogP contribution in [-0.4, -0.2) is 36.7 Å². The fourth-order valence-corrected chi connectivity index (χ4v) is 4.48. The van der Waals surface area contributed by atoms with E-state index in [2.05, 4.69) is 30.9 Å². The molecule has 0 spiro atoms. The van der Waals surface area contributed by atoms with E-state index in [0.717, 1.165) is 20.9 Å². The van der Waals surface area contributed by atoms with Crippen molar-refractivity contribution in [2.45, 2.75) is 35.9 Å². The first kappa shape index (κ1) is 16.5. The van der Waals surface area contributed by atoms with Gasteiger partial charge in [0.15, 0.2) is 10.8 Å². The van der Waals surface area contributed by atoms with E-state index < -0.39 is 0 Å². The molecule has 1 aromatic carbocycles. The number of hydrogen-bond donors (Lipinski definition) is 2. The molecule has 0 atom stereocenters. The van der Waals surface area contributed by atoms with Gasteiger partial charge in [0.25, 0.3) is 0 Å². The number of amides is 1. The number of anilines is 2. The van der Waals surface area contributed by atoms with Crippen LogP contribution in [0.4, 0.5) is 10.9 Å². The van der Waals surface area contributed by atoms with Gasteiger partial charge >= 0.3 is 0 Å². The molecule has 8 nitrogen and oxygen atoms in total. The number of nitrogens with one attached hydrogen (secondary N) is 2. The van der Waals surface area contributed by atoms with E-state index in [1.807, 2.05) is 30.3 Å². The standard InChI is InChI=1S/C17H15N7OS2/c1-9(25)18-16-20-12-5-4-11(8-13(12)27-16)26-17-22-21-15-7-6-14(23-24(15)17)19-10-2-3-10/h4-8,10H,2-3H2,1H3,(H,19,23)(H,18,20,25). The Morgan fingerprint density at radius 3 is 2.96 bits per heavy atom. The van der Waals surface area contributed by atoms with Gasteiger partial charge in [-0.1, -0.05) is 11.3 Å². The van der Waals surface area contributed by atoms with Crippen LogP contribution in [0.15, 0.2) is 40.4 Å².